The molecule has 7 heteroatoms. The third kappa shape index (κ3) is 3.93. The van der Waals surface area contributed by atoms with Crippen molar-refractivity contribution in [3.63, 3.8) is 0 Å². The first-order valence-corrected chi connectivity index (χ1v) is 7.75. The summed E-state index contributed by atoms with van der Waals surface area (Å²) in [4.78, 5) is 0.225. The Kier molecular flexibility index (Phi) is 5.96. The zero-order chi connectivity index (χ0) is 13.9. The predicted octanol–water partition coefficient (Wildman–Crippen LogP) is 1.32. The van der Waals surface area contributed by atoms with Gasteiger partial charge in [0.15, 0.2) is 0 Å². The van der Waals surface area contributed by atoms with Gasteiger partial charge < -0.3 is 5.32 Å². The van der Waals surface area contributed by atoms with Crippen LogP contribution < -0.4 is 10.0 Å². The Balaban J connectivity index is 0.00000200. The van der Waals surface area contributed by atoms with Crippen molar-refractivity contribution in [3.8, 4) is 6.07 Å². The van der Waals surface area contributed by atoms with Crippen molar-refractivity contribution in [2.24, 2.45) is 0 Å². The van der Waals surface area contributed by atoms with E-state index in [1.165, 1.54) is 6.07 Å². The average molecular weight is 316 g/mol. The Labute approximate surface area is 125 Å². The van der Waals surface area contributed by atoms with Crippen molar-refractivity contribution in [1.82, 2.24) is 10.0 Å². The van der Waals surface area contributed by atoms with E-state index >= 15 is 0 Å². The summed E-state index contributed by atoms with van der Waals surface area (Å²) in [5.74, 6) is 0. The summed E-state index contributed by atoms with van der Waals surface area (Å²) in [6.45, 7) is 3.40. The molecular weight excluding hydrogens is 298 g/mol. The SMILES string of the molecule is Cc1cc(S(=O)(=O)NC2CCNCC2)ccc1C#N.Cl. The third-order valence-corrected chi connectivity index (χ3v) is 4.81. The molecule has 20 heavy (non-hydrogen) atoms. The lowest BCUT2D eigenvalue weighted by Crippen LogP contribution is -2.42. The van der Waals surface area contributed by atoms with Crippen LogP contribution in [-0.4, -0.2) is 27.5 Å². The van der Waals surface area contributed by atoms with Crippen LogP contribution in [0.3, 0.4) is 0 Å². The van der Waals surface area contributed by atoms with E-state index in [9.17, 15) is 8.42 Å². The van der Waals surface area contributed by atoms with Crippen LogP contribution in [0.1, 0.15) is 24.0 Å². The van der Waals surface area contributed by atoms with Crippen molar-refractivity contribution >= 4 is 22.4 Å². The molecule has 1 fully saturated rings. The number of piperidine rings is 1. The van der Waals surface area contributed by atoms with Gasteiger partial charge in [-0.3, -0.25) is 0 Å². The number of sulfonamides is 1. The van der Waals surface area contributed by atoms with Crippen LogP contribution in [0.4, 0.5) is 0 Å². The number of aryl methyl sites for hydroxylation is 1. The fraction of sp³-hybridized carbons (Fsp3) is 0.462. The van der Waals surface area contributed by atoms with Crippen molar-refractivity contribution < 1.29 is 8.42 Å². The number of benzene rings is 1. The van der Waals surface area contributed by atoms with Crippen LogP contribution >= 0.6 is 12.4 Å². The Bertz CT molecular complexity index is 605. The van der Waals surface area contributed by atoms with Gasteiger partial charge in [0.1, 0.15) is 0 Å². The van der Waals surface area contributed by atoms with Gasteiger partial charge in [-0.05, 0) is 56.6 Å². The first-order chi connectivity index (χ1) is 9.03. The molecule has 2 rings (SSSR count). The second-order valence-electron chi connectivity index (χ2n) is 4.73. The van der Waals surface area contributed by atoms with E-state index in [1.807, 2.05) is 6.07 Å². The second kappa shape index (κ2) is 7.04. The number of nitriles is 1. The molecule has 0 aromatic heterocycles. The van der Waals surface area contributed by atoms with Crippen LogP contribution in [0.5, 0.6) is 0 Å². The molecular formula is C13H18ClN3O2S. The van der Waals surface area contributed by atoms with Crippen LogP contribution in [0.2, 0.25) is 0 Å². The Morgan fingerprint density at radius 2 is 2.00 bits per heavy atom. The molecule has 1 aromatic rings. The lowest BCUT2D eigenvalue weighted by Gasteiger charge is -2.23. The average Bonchev–Trinajstić information content (AvgIpc) is 2.39. The molecule has 1 saturated heterocycles. The minimum absolute atomic E-state index is 0. The standard InChI is InChI=1S/C13H17N3O2S.ClH/c1-10-8-13(3-2-11(10)9-14)19(17,18)16-12-4-6-15-7-5-12;/h2-3,8,12,15-16H,4-7H2,1H3;1H. The molecule has 0 aliphatic carbocycles. The number of rotatable bonds is 3. The number of hydrogen-bond donors (Lipinski definition) is 2. The molecule has 0 bridgehead atoms. The van der Waals surface area contributed by atoms with Gasteiger partial charge in [0.05, 0.1) is 16.5 Å². The summed E-state index contributed by atoms with van der Waals surface area (Å²) >= 11 is 0. The molecule has 0 atom stereocenters. The predicted molar refractivity (Wildman–Crippen MR) is 79.4 cm³/mol. The largest absolute Gasteiger partial charge is 0.317 e. The Hall–Kier alpha value is -1.13. The van der Waals surface area contributed by atoms with E-state index in [4.69, 9.17) is 5.26 Å². The minimum Gasteiger partial charge on any atom is -0.317 e. The minimum atomic E-state index is -3.49. The lowest BCUT2D eigenvalue weighted by atomic mass is 10.1. The maximum absolute atomic E-state index is 12.2. The van der Waals surface area contributed by atoms with Gasteiger partial charge >= 0.3 is 0 Å². The molecule has 1 heterocycles. The molecule has 1 aliphatic heterocycles. The molecule has 110 valence electrons. The molecule has 0 radical (unpaired) electrons. The molecule has 1 aliphatic rings. The monoisotopic (exact) mass is 315 g/mol. The van der Waals surface area contributed by atoms with Crippen molar-refractivity contribution in [3.05, 3.63) is 29.3 Å². The topological polar surface area (TPSA) is 82.0 Å². The van der Waals surface area contributed by atoms with Gasteiger partial charge in [0, 0.05) is 6.04 Å². The van der Waals surface area contributed by atoms with Crippen molar-refractivity contribution in [2.45, 2.75) is 30.7 Å². The highest BCUT2D eigenvalue weighted by Gasteiger charge is 2.21. The number of nitrogens with zero attached hydrogens (tertiary/aromatic N) is 1. The fourth-order valence-corrected chi connectivity index (χ4v) is 3.55. The molecule has 2 N–H and O–H groups in total. The van der Waals surface area contributed by atoms with Crippen molar-refractivity contribution in [1.29, 1.82) is 5.26 Å². The second-order valence-corrected chi connectivity index (χ2v) is 6.45. The molecule has 5 nitrogen and oxygen atoms in total. The van der Waals surface area contributed by atoms with Gasteiger partial charge in [0.25, 0.3) is 0 Å². The van der Waals surface area contributed by atoms with E-state index in [0.717, 1.165) is 25.9 Å². The van der Waals surface area contributed by atoms with Gasteiger partial charge in [-0.2, -0.15) is 5.26 Å². The number of hydrogen-bond acceptors (Lipinski definition) is 4. The summed E-state index contributed by atoms with van der Waals surface area (Å²) in [6.07, 6.45) is 1.60. The van der Waals surface area contributed by atoms with Crippen LogP contribution in [-0.2, 0) is 10.0 Å². The highest BCUT2D eigenvalue weighted by Crippen LogP contribution is 2.16. The van der Waals surface area contributed by atoms with Crippen LogP contribution in [0.15, 0.2) is 23.1 Å². The summed E-state index contributed by atoms with van der Waals surface area (Å²) in [5, 5.41) is 12.0. The maximum atomic E-state index is 12.2. The Morgan fingerprint density at radius 1 is 1.35 bits per heavy atom. The Morgan fingerprint density at radius 3 is 2.55 bits per heavy atom. The quantitative estimate of drug-likeness (QED) is 0.881. The molecule has 0 spiro atoms. The molecule has 0 unspecified atom stereocenters. The van der Waals surface area contributed by atoms with Crippen molar-refractivity contribution in [2.75, 3.05) is 13.1 Å². The summed E-state index contributed by atoms with van der Waals surface area (Å²) in [5.41, 5.74) is 1.18. The van der Waals surface area contributed by atoms with Gasteiger partial charge in [0.2, 0.25) is 10.0 Å². The van der Waals surface area contributed by atoms with E-state index in [-0.39, 0.29) is 23.3 Å². The van der Waals surface area contributed by atoms with Gasteiger partial charge in [-0.25, -0.2) is 13.1 Å². The summed E-state index contributed by atoms with van der Waals surface area (Å²) in [6, 6.07) is 6.59. The molecule has 0 amide bonds. The summed E-state index contributed by atoms with van der Waals surface area (Å²) < 4.78 is 27.2. The number of halogens is 1. The smallest absolute Gasteiger partial charge is 0.240 e. The zero-order valence-corrected chi connectivity index (χ0v) is 12.9. The lowest BCUT2D eigenvalue weighted by molar-refractivity contribution is 0.427. The van der Waals surface area contributed by atoms with E-state index in [1.54, 1.807) is 19.1 Å². The van der Waals surface area contributed by atoms with E-state index in [2.05, 4.69) is 10.0 Å². The normalized spacial score (nSPS) is 16.2. The fourth-order valence-electron chi connectivity index (χ4n) is 2.16. The van der Waals surface area contributed by atoms with Crippen LogP contribution in [0, 0.1) is 18.3 Å². The summed E-state index contributed by atoms with van der Waals surface area (Å²) in [7, 11) is -3.49. The van der Waals surface area contributed by atoms with Gasteiger partial charge in [-0.15, -0.1) is 12.4 Å². The third-order valence-electron chi connectivity index (χ3n) is 3.29. The first-order valence-electron chi connectivity index (χ1n) is 6.27. The maximum Gasteiger partial charge on any atom is 0.240 e. The highest BCUT2D eigenvalue weighted by atomic mass is 35.5. The number of nitrogens with one attached hydrogen (secondary N) is 2. The molecule has 0 saturated carbocycles. The van der Waals surface area contributed by atoms with E-state index < -0.39 is 10.0 Å². The first kappa shape index (κ1) is 16.9. The van der Waals surface area contributed by atoms with Crippen LogP contribution in [0.25, 0.3) is 0 Å². The zero-order valence-electron chi connectivity index (χ0n) is 11.2. The molecule has 1 aromatic carbocycles. The highest BCUT2D eigenvalue weighted by molar-refractivity contribution is 7.89. The van der Waals surface area contributed by atoms with Gasteiger partial charge in [-0.1, -0.05) is 0 Å². The van der Waals surface area contributed by atoms with E-state index in [0.29, 0.717) is 11.1 Å².